The Bertz CT molecular complexity index is 449. The Morgan fingerprint density at radius 2 is 1.81 bits per heavy atom. The van der Waals surface area contributed by atoms with E-state index in [0.29, 0.717) is 12.0 Å². The van der Waals surface area contributed by atoms with E-state index in [4.69, 9.17) is 0 Å². The van der Waals surface area contributed by atoms with Crippen molar-refractivity contribution >= 4 is 15.9 Å². The van der Waals surface area contributed by atoms with E-state index in [1.54, 1.807) is 0 Å². The van der Waals surface area contributed by atoms with Crippen molar-refractivity contribution in [3.8, 4) is 0 Å². The van der Waals surface area contributed by atoms with Crippen LogP contribution in [-0.4, -0.2) is 23.5 Å². The average Bonchev–Trinajstić information content (AvgIpc) is 2.37. The lowest BCUT2D eigenvalue weighted by Crippen LogP contribution is -2.35. The SMILES string of the molecule is CC(C)C(C)N(C)Cc1ccc(CNC(C)(C)C)cc1Br. The standard InChI is InChI=1S/C18H31BrN2/c1-13(2)14(3)21(7)12-16-9-8-15(10-17(16)19)11-20-18(4,5)6/h8-10,13-14,20H,11-12H2,1-7H3. The fourth-order valence-corrected chi connectivity index (χ4v) is 2.67. The molecule has 120 valence electrons. The maximum absolute atomic E-state index is 3.73. The fourth-order valence-electron chi connectivity index (χ4n) is 2.12. The Balaban J connectivity index is 2.70. The van der Waals surface area contributed by atoms with Gasteiger partial charge in [-0.2, -0.15) is 0 Å². The molecule has 2 nitrogen and oxygen atoms in total. The highest BCUT2D eigenvalue weighted by Crippen LogP contribution is 2.22. The Morgan fingerprint density at radius 1 is 1.19 bits per heavy atom. The molecule has 0 aliphatic carbocycles. The molecule has 0 spiro atoms. The minimum absolute atomic E-state index is 0.151. The first-order valence-corrected chi connectivity index (χ1v) is 8.62. The highest BCUT2D eigenvalue weighted by atomic mass is 79.9. The molecule has 0 heterocycles. The van der Waals surface area contributed by atoms with Crippen LogP contribution >= 0.6 is 15.9 Å². The second-order valence-corrected chi connectivity index (χ2v) is 8.28. The summed E-state index contributed by atoms with van der Waals surface area (Å²) < 4.78 is 1.21. The van der Waals surface area contributed by atoms with Crippen LogP contribution in [0.4, 0.5) is 0 Å². The van der Waals surface area contributed by atoms with Crippen molar-refractivity contribution in [3.63, 3.8) is 0 Å². The second-order valence-electron chi connectivity index (χ2n) is 7.43. The molecule has 1 aromatic carbocycles. The lowest BCUT2D eigenvalue weighted by Gasteiger charge is -2.28. The monoisotopic (exact) mass is 354 g/mol. The van der Waals surface area contributed by atoms with Gasteiger partial charge in [0.2, 0.25) is 0 Å². The molecule has 0 fully saturated rings. The predicted octanol–water partition coefficient (Wildman–Crippen LogP) is 4.81. The minimum atomic E-state index is 0.151. The van der Waals surface area contributed by atoms with Crippen molar-refractivity contribution in [1.82, 2.24) is 10.2 Å². The first-order chi connectivity index (χ1) is 9.60. The molecule has 1 rings (SSSR count). The number of hydrogen-bond donors (Lipinski definition) is 1. The van der Waals surface area contributed by atoms with Crippen LogP contribution in [0, 0.1) is 5.92 Å². The van der Waals surface area contributed by atoms with E-state index in [-0.39, 0.29) is 5.54 Å². The maximum Gasteiger partial charge on any atom is 0.0244 e. The number of nitrogens with zero attached hydrogens (tertiary/aromatic N) is 1. The first kappa shape index (κ1) is 18.7. The van der Waals surface area contributed by atoms with Crippen LogP contribution in [0.5, 0.6) is 0 Å². The number of halogens is 1. The van der Waals surface area contributed by atoms with Gasteiger partial charge < -0.3 is 5.32 Å². The van der Waals surface area contributed by atoms with Crippen LogP contribution in [0.25, 0.3) is 0 Å². The number of benzene rings is 1. The van der Waals surface area contributed by atoms with Crippen LogP contribution in [0.2, 0.25) is 0 Å². The van der Waals surface area contributed by atoms with E-state index in [2.05, 4.69) is 92.9 Å². The first-order valence-electron chi connectivity index (χ1n) is 7.82. The third kappa shape index (κ3) is 6.50. The smallest absolute Gasteiger partial charge is 0.0244 e. The molecule has 0 bridgehead atoms. The van der Waals surface area contributed by atoms with Crippen LogP contribution in [0.15, 0.2) is 22.7 Å². The summed E-state index contributed by atoms with van der Waals surface area (Å²) in [6.07, 6.45) is 0. The Kier molecular flexibility index (Phi) is 6.89. The topological polar surface area (TPSA) is 15.3 Å². The molecule has 0 aliphatic heterocycles. The van der Waals surface area contributed by atoms with Gasteiger partial charge >= 0.3 is 0 Å². The van der Waals surface area contributed by atoms with E-state index in [0.717, 1.165) is 13.1 Å². The van der Waals surface area contributed by atoms with E-state index < -0.39 is 0 Å². The Labute approximate surface area is 139 Å². The highest BCUT2D eigenvalue weighted by molar-refractivity contribution is 9.10. The molecule has 3 heteroatoms. The lowest BCUT2D eigenvalue weighted by molar-refractivity contribution is 0.200. The normalized spacial score (nSPS) is 14.0. The predicted molar refractivity (Wildman–Crippen MR) is 96.5 cm³/mol. The zero-order valence-electron chi connectivity index (χ0n) is 14.6. The molecular weight excluding hydrogens is 324 g/mol. The molecule has 0 aliphatic rings. The second kappa shape index (κ2) is 7.75. The largest absolute Gasteiger partial charge is 0.308 e. The van der Waals surface area contributed by atoms with Gasteiger partial charge in [-0.25, -0.2) is 0 Å². The quantitative estimate of drug-likeness (QED) is 0.788. The number of hydrogen-bond acceptors (Lipinski definition) is 2. The molecule has 0 radical (unpaired) electrons. The number of rotatable bonds is 6. The maximum atomic E-state index is 3.73. The van der Waals surface area contributed by atoms with Gasteiger partial charge in [0, 0.05) is 29.1 Å². The molecule has 1 atom stereocenters. The van der Waals surface area contributed by atoms with E-state index in [9.17, 15) is 0 Å². The van der Waals surface area contributed by atoms with Gasteiger partial charge in [0.25, 0.3) is 0 Å². The fraction of sp³-hybridized carbons (Fsp3) is 0.667. The molecular formula is C18H31BrN2. The third-order valence-electron chi connectivity index (χ3n) is 4.02. The van der Waals surface area contributed by atoms with Crippen molar-refractivity contribution in [3.05, 3.63) is 33.8 Å². The zero-order chi connectivity index (χ0) is 16.2. The summed E-state index contributed by atoms with van der Waals surface area (Å²) in [6, 6.07) is 7.29. The summed E-state index contributed by atoms with van der Waals surface area (Å²) in [4.78, 5) is 2.41. The van der Waals surface area contributed by atoms with Crippen LogP contribution in [0.3, 0.4) is 0 Å². The molecule has 0 saturated carbocycles. The van der Waals surface area contributed by atoms with Gasteiger partial charge in [-0.1, -0.05) is 41.9 Å². The van der Waals surface area contributed by atoms with Gasteiger partial charge in [0.1, 0.15) is 0 Å². The van der Waals surface area contributed by atoms with E-state index in [1.807, 2.05) is 0 Å². The van der Waals surface area contributed by atoms with Crippen LogP contribution in [-0.2, 0) is 13.1 Å². The third-order valence-corrected chi connectivity index (χ3v) is 4.76. The molecule has 1 aromatic rings. The summed E-state index contributed by atoms with van der Waals surface area (Å²) in [7, 11) is 2.20. The summed E-state index contributed by atoms with van der Waals surface area (Å²) in [5.41, 5.74) is 2.82. The molecule has 1 N–H and O–H groups in total. The minimum Gasteiger partial charge on any atom is -0.308 e. The summed E-state index contributed by atoms with van der Waals surface area (Å²) in [6.45, 7) is 15.3. The Hall–Kier alpha value is -0.380. The highest BCUT2D eigenvalue weighted by Gasteiger charge is 2.15. The number of nitrogens with one attached hydrogen (secondary N) is 1. The van der Waals surface area contributed by atoms with Gasteiger partial charge in [-0.05, 0) is 57.9 Å². The average molecular weight is 355 g/mol. The van der Waals surface area contributed by atoms with Gasteiger partial charge in [0.05, 0.1) is 0 Å². The van der Waals surface area contributed by atoms with Gasteiger partial charge in [-0.15, -0.1) is 0 Å². The van der Waals surface area contributed by atoms with Gasteiger partial charge in [-0.3, -0.25) is 4.90 Å². The summed E-state index contributed by atoms with van der Waals surface area (Å²) in [5.74, 6) is 0.670. The zero-order valence-corrected chi connectivity index (χ0v) is 16.2. The van der Waals surface area contributed by atoms with E-state index in [1.165, 1.54) is 15.6 Å². The molecule has 0 amide bonds. The van der Waals surface area contributed by atoms with Crippen molar-refractivity contribution in [1.29, 1.82) is 0 Å². The van der Waals surface area contributed by atoms with Crippen molar-refractivity contribution in [2.24, 2.45) is 5.92 Å². The lowest BCUT2D eigenvalue weighted by atomic mass is 10.0. The van der Waals surface area contributed by atoms with E-state index >= 15 is 0 Å². The van der Waals surface area contributed by atoms with Crippen molar-refractivity contribution in [2.75, 3.05) is 7.05 Å². The molecule has 0 saturated heterocycles. The molecule has 21 heavy (non-hydrogen) atoms. The summed E-state index contributed by atoms with van der Waals surface area (Å²) in [5, 5.41) is 3.53. The molecule has 1 unspecified atom stereocenters. The van der Waals surface area contributed by atoms with Crippen molar-refractivity contribution in [2.45, 2.75) is 66.2 Å². The van der Waals surface area contributed by atoms with Crippen LogP contribution in [0.1, 0.15) is 52.7 Å². The Morgan fingerprint density at radius 3 is 2.29 bits per heavy atom. The van der Waals surface area contributed by atoms with Gasteiger partial charge in [0.15, 0.2) is 0 Å². The van der Waals surface area contributed by atoms with Crippen molar-refractivity contribution < 1.29 is 0 Å². The summed E-state index contributed by atoms with van der Waals surface area (Å²) >= 11 is 3.73. The van der Waals surface area contributed by atoms with Crippen LogP contribution < -0.4 is 5.32 Å². The molecule has 0 aromatic heterocycles.